The highest BCUT2D eigenvalue weighted by atomic mass is 35.5. The largest absolute Gasteiger partial charge is 0.384 e. The molecule has 19 heavy (non-hydrogen) atoms. The number of hydrogen-bond donors (Lipinski definition) is 2. The van der Waals surface area contributed by atoms with Crippen LogP contribution in [0.1, 0.15) is 0 Å². The molecule has 0 spiro atoms. The summed E-state index contributed by atoms with van der Waals surface area (Å²) in [4.78, 5) is 3.54. The van der Waals surface area contributed by atoms with Crippen molar-refractivity contribution in [3.8, 4) is 0 Å². The first-order valence-electron chi connectivity index (χ1n) is 5.08. The molecule has 2 rings (SSSR count). The molecule has 5 nitrogen and oxygen atoms in total. The molecule has 3 N–H and O–H groups in total. The highest BCUT2D eigenvalue weighted by molar-refractivity contribution is 7.92. The van der Waals surface area contributed by atoms with Crippen LogP contribution in [0.5, 0.6) is 0 Å². The van der Waals surface area contributed by atoms with Gasteiger partial charge in [-0.05, 0) is 30.3 Å². The second-order valence-corrected chi connectivity index (χ2v) is 5.77. The Morgan fingerprint density at radius 2 is 2.00 bits per heavy atom. The number of hydrogen-bond acceptors (Lipinski definition) is 4. The Kier molecular flexibility index (Phi) is 3.59. The Labute approximate surface area is 114 Å². The minimum Gasteiger partial charge on any atom is -0.384 e. The Morgan fingerprint density at radius 1 is 1.26 bits per heavy atom. The van der Waals surface area contributed by atoms with Gasteiger partial charge in [0.05, 0.1) is 5.69 Å². The van der Waals surface area contributed by atoms with Crippen molar-refractivity contribution in [1.29, 1.82) is 0 Å². The number of halogens is 2. The quantitative estimate of drug-likeness (QED) is 0.910. The number of sulfonamides is 1. The van der Waals surface area contributed by atoms with E-state index in [9.17, 15) is 12.8 Å². The Balaban J connectivity index is 2.36. The maximum absolute atomic E-state index is 13.5. The van der Waals surface area contributed by atoms with E-state index >= 15 is 0 Å². The standard InChI is InChI=1S/C11H9ClFN3O2S/c12-7-1-3-9(13)10(5-7)16-19(17,18)8-2-4-11(14)15-6-8/h1-6,16H,(H2,14,15). The molecule has 100 valence electrons. The molecule has 0 saturated heterocycles. The van der Waals surface area contributed by atoms with Crippen molar-refractivity contribution in [2.75, 3.05) is 10.5 Å². The molecule has 0 aliphatic heterocycles. The molecule has 0 aliphatic rings. The van der Waals surface area contributed by atoms with Crippen molar-refractivity contribution in [2.24, 2.45) is 0 Å². The first kappa shape index (κ1) is 13.6. The fraction of sp³-hybridized carbons (Fsp3) is 0. The summed E-state index contributed by atoms with van der Waals surface area (Å²) < 4.78 is 39.5. The molecule has 0 saturated carbocycles. The number of nitrogen functional groups attached to an aromatic ring is 1. The number of nitrogens with zero attached hydrogens (tertiary/aromatic N) is 1. The van der Waals surface area contributed by atoms with Gasteiger partial charge in [0.25, 0.3) is 10.0 Å². The van der Waals surface area contributed by atoms with Crippen LogP contribution in [0, 0.1) is 5.82 Å². The lowest BCUT2D eigenvalue weighted by atomic mass is 10.3. The van der Waals surface area contributed by atoms with Crippen LogP contribution in [0.25, 0.3) is 0 Å². The zero-order valence-corrected chi connectivity index (χ0v) is 11.0. The lowest BCUT2D eigenvalue weighted by Crippen LogP contribution is -2.14. The van der Waals surface area contributed by atoms with Gasteiger partial charge in [-0.3, -0.25) is 4.72 Å². The van der Waals surface area contributed by atoms with Gasteiger partial charge in [-0.15, -0.1) is 0 Å². The van der Waals surface area contributed by atoms with Crippen LogP contribution < -0.4 is 10.5 Å². The van der Waals surface area contributed by atoms with E-state index in [1.165, 1.54) is 24.3 Å². The van der Waals surface area contributed by atoms with Crippen LogP contribution >= 0.6 is 11.6 Å². The molecular weight excluding hydrogens is 293 g/mol. The van der Waals surface area contributed by atoms with Crippen molar-refractivity contribution >= 4 is 33.1 Å². The van der Waals surface area contributed by atoms with Gasteiger partial charge < -0.3 is 5.73 Å². The van der Waals surface area contributed by atoms with Gasteiger partial charge in [0.15, 0.2) is 0 Å². The van der Waals surface area contributed by atoms with Gasteiger partial charge in [-0.25, -0.2) is 17.8 Å². The smallest absolute Gasteiger partial charge is 0.263 e. The number of aromatic nitrogens is 1. The lowest BCUT2D eigenvalue weighted by molar-refractivity contribution is 0.598. The van der Waals surface area contributed by atoms with Crippen LogP contribution in [-0.4, -0.2) is 13.4 Å². The maximum Gasteiger partial charge on any atom is 0.263 e. The lowest BCUT2D eigenvalue weighted by Gasteiger charge is -2.09. The third kappa shape index (κ3) is 3.12. The number of nitrogens with two attached hydrogens (primary N) is 1. The number of benzene rings is 1. The fourth-order valence-electron chi connectivity index (χ4n) is 1.33. The summed E-state index contributed by atoms with van der Waals surface area (Å²) in [5.74, 6) is -0.538. The molecular formula is C11H9ClFN3O2S. The van der Waals surface area contributed by atoms with E-state index in [2.05, 4.69) is 9.71 Å². The Morgan fingerprint density at radius 3 is 2.63 bits per heavy atom. The SMILES string of the molecule is Nc1ccc(S(=O)(=O)Nc2cc(Cl)ccc2F)cn1. The Bertz CT molecular complexity index is 704. The zero-order valence-electron chi connectivity index (χ0n) is 9.47. The first-order chi connectivity index (χ1) is 8.88. The maximum atomic E-state index is 13.5. The second kappa shape index (κ2) is 5.02. The van der Waals surface area contributed by atoms with Crippen LogP contribution in [-0.2, 0) is 10.0 Å². The predicted molar refractivity (Wildman–Crippen MR) is 70.9 cm³/mol. The van der Waals surface area contributed by atoms with E-state index in [-0.39, 0.29) is 21.4 Å². The molecule has 0 unspecified atom stereocenters. The number of nitrogens with one attached hydrogen (secondary N) is 1. The van der Waals surface area contributed by atoms with E-state index < -0.39 is 15.8 Å². The predicted octanol–water partition coefficient (Wildman–Crippen LogP) is 2.26. The van der Waals surface area contributed by atoms with Crippen LogP contribution in [0.3, 0.4) is 0 Å². The average Bonchev–Trinajstić information content (AvgIpc) is 2.34. The zero-order chi connectivity index (χ0) is 14.0. The molecule has 0 amide bonds. The van der Waals surface area contributed by atoms with E-state index in [0.717, 1.165) is 12.3 Å². The number of pyridine rings is 1. The average molecular weight is 302 g/mol. The van der Waals surface area contributed by atoms with Crippen molar-refractivity contribution in [2.45, 2.75) is 4.90 Å². The minimum absolute atomic E-state index is 0.124. The topological polar surface area (TPSA) is 85.1 Å². The van der Waals surface area contributed by atoms with Crippen LogP contribution in [0.15, 0.2) is 41.4 Å². The minimum atomic E-state index is -3.94. The van der Waals surface area contributed by atoms with Crippen molar-refractivity contribution in [3.05, 3.63) is 47.4 Å². The first-order valence-corrected chi connectivity index (χ1v) is 6.94. The number of rotatable bonds is 3. The van der Waals surface area contributed by atoms with Crippen LogP contribution in [0.4, 0.5) is 15.9 Å². The van der Waals surface area contributed by atoms with Gasteiger partial charge in [0.1, 0.15) is 16.5 Å². The number of anilines is 2. The van der Waals surface area contributed by atoms with Gasteiger partial charge in [-0.2, -0.15) is 0 Å². The molecule has 0 atom stereocenters. The van der Waals surface area contributed by atoms with Gasteiger partial charge in [0.2, 0.25) is 0 Å². The summed E-state index contributed by atoms with van der Waals surface area (Å²) in [7, 11) is -3.94. The van der Waals surface area contributed by atoms with E-state index in [0.29, 0.717) is 0 Å². The highest BCUT2D eigenvalue weighted by Gasteiger charge is 2.16. The van der Waals surface area contributed by atoms with Gasteiger partial charge in [-0.1, -0.05) is 11.6 Å². The highest BCUT2D eigenvalue weighted by Crippen LogP contribution is 2.22. The summed E-state index contributed by atoms with van der Waals surface area (Å²) in [5.41, 5.74) is 5.13. The Hall–Kier alpha value is -1.86. The van der Waals surface area contributed by atoms with E-state index in [4.69, 9.17) is 17.3 Å². The summed E-state index contributed by atoms with van der Waals surface area (Å²) in [6.07, 6.45) is 1.08. The van der Waals surface area contributed by atoms with Crippen molar-refractivity contribution < 1.29 is 12.8 Å². The molecule has 1 aromatic carbocycles. The fourth-order valence-corrected chi connectivity index (χ4v) is 2.50. The molecule has 8 heteroatoms. The van der Waals surface area contributed by atoms with Crippen molar-refractivity contribution in [1.82, 2.24) is 4.98 Å². The van der Waals surface area contributed by atoms with E-state index in [1.807, 2.05) is 0 Å². The van der Waals surface area contributed by atoms with E-state index in [1.54, 1.807) is 0 Å². The van der Waals surface area contributed by atoms with Gasteiger partial charge in [0, 0.05) is 11.2 Å². The van der Waals surface area contributed by atoms with Crippen LogP contribution in [0.2, 0.25) is 5.02 Å². The third-order valence-corrected chi connectivity index (χ3v) is 3.83. The summed E-state index contributed by atoms with van der Waals surface area (Å²) in [6, 6.07) is 6.18. The van der Waals surface area contributed by atoms with Crippen molar-refractivity contribution in [3.63, 3.8) is 0 Å². The molecule has 2 aromatic rings. The van der Waals surface area contributed by atoms with Gasteiger partial charge >= 0.3 is 0 Å². The summed E-state index contributed by atoms with van der Waals surface area (Å²) in [6.45, 7) is 0. The molecule has 0 bridgehead atoms. The third-order valence-electron chi connectivity index (χ3n) is 2.24. The molecule has 1 heterocycles. The summed E-state index contributed by atoms with van der Waals surface area (Å²) in [5, 5.41) is 0.217. The molecule has 0 fully saturated rings. The monoisotopic (exact) mass is 301 g/mol. The molecule has 1 aromatic heterocycles. The molecule has 0 aliphatic carbocycles. The normalized spacial score (nSPS) is 11.3. The molecule has 0 radical (unpaired) electrons. The summed E-state index contributed by atoms with van der Waals surface area (Å²) >= 11 is 5.68. The second-order valence-electron chi connectivity index (χ2n) is 3.65.